The minimum atomic E-state index is -0.454. The van der Waals surface area contributed by atoms with Crippen molar-refractivity contribution >= 4 is 23.3 Å². The van der Waals surface area contributed by atoms with E-state index in [4.69, 9.17) is 16.3 Å². The predicted molar refractivity (Wildman–Crippen MR) is 70.0 cm³/mol. The van der Waals surface area contributed by atoms with Gasteiger partial charge in [-0.05, 0) is 20.8 Å². The standard InChI is InChI=1S/C11H17ClN4O2/c1-6(2)14-10(17)7(3)15-9-8(12)5-13-11(16-9)18-4/h5-7H,1-4H3,(H,14,17)(H,13,15,16). The molecule has 1 heterocycles. The number of amides is 1. The van der Waals surface area contributed by atoms with Crippen LogP contribution in [0.3, 0.4) is 0 Å². The maximum Gasteiger partial charge on any atom is 0.318 e. The summed E-state index contributed by atoms with van der Waals surface area (Å²) in [5.41, 5.74) is 0. The molecule has 1 aromatic heterocycles. The largest absolute Gasteiger partial charge is 0.467 e. The number of carbonyl (C=O) groups excluding carboxylic acids is 1. The number of nitrogens with zero attached hydrogens (tertiary/aromatic N) is 2. The van der Waals surface area contributed by atoms with Gasteiger partial charge in [0, 0.05) is 6.04 Å². The molecule has 0 saturated carbocycles. The van der Waals surface area contributed by atoms with Gasteiger partial charge >= 0.3 is 6.01 Å². The average Bonchev–Trinajstić information content (AvgIpc) is 2.31. The van der Waals surface area contributed by atoms with Crippen LogP contribution in [-0.2, 0) is 4.79 Å². The molecule has 0 saturated heterocycles. The highest BCUT2D eigenvalue weighted by atomic mass is 35.5. The predicted octanol–water partition coefficient (Wildman–Crippen LogP) is 1.46. The molecule has 0 aliphatic rings. The molecule has 1 amide bonds. The second-order valence-electron chi connectivity index (χ2n) is 4.08. The Morgan fingerprint density at radius 1 is 1.44 bits per heavy atom. The molecule has 1 atom stereocenters. The Labute approximate surface area is 111 Å². The summed E-state index contributed by atoms with van der Waals surface area (Å²) >= 11 is 5.93. The number of carbonyl (C=O) groups is 1. The molecule has 100 valence electrons. The second-order valence-corrected chi connectivity index (χ2v) is 4.49. The summed E-state index contributed by atoms with van der Waals surface area (Å²) in [5, 5.41) is 6.04. The van der Waals surface area contributed by atoms with Crippen molar-refractivity contribution < 1.29 is 9.53 Å². The van der Waals surface area contributed by atoms with Crippen LogP contribution in [0.5, 0.6) is 6.01 Å². The Morgan fingerprint density at radius 3 is 2.67 bits per heavy atom. The van der Waals surface area contributed by atoms with Crippen molar-refractivity contribution in [2.24, 2.45) is 0 Å². The molecule has 0 bridgehead atoms. The van der Waals surface area contributed by atoms with Crippen molar-refractivity contribution in [2.75, 3.05) is 12.4 Å². The van der Waals surface area contributed by atoms with Gasteiger partial charge in [-0.3, -0.25) is 4.79 Å². The lowest BCUT2D eigenvalue weighted by molar-refractivity contribution is -0.122. The second kappa shape index (κ2) is 6.39. The molecule has 1 unspecified atom stereocenters. The van der Waals surface area contributed by atoms with Gasteiger partial charge < -0.3 is 15.4 Å². The minimum absolute atomic E-state index is 0.0807. The van der Waals surface area contributed by atoms with Crippen LogP contribution in [0.1, 0.15) is 20.8 Å². The molecule has 0 spiro atoms. The smallest absolute Gasteiger partial charge is 0.318 e. The molecule has 0 aliphatic carbocycles. The Bertz CT molecular complexity index is 426. The Balaban J connectivity index is 2.74. The van der Waals surface area contributed by atoms with Crippen molar-refractivity contribution in [3.05, 3.63) is 11.2 Å². The first-order valence-corrected chi connectivity index (χ1v) is 5.95. The number of anilines is 1. The van der Waals surface area contributed by atoms with Gasteiger partial charge in [0.1, 0.15) is 11.1 Å². The van der Waals surface area contributed by atoms with E-state index in [0.717, 1.165) is 0 Å². The van der Waals surface area contributed by atoms with E-state index in [1.165, 1.54) is 13.3 Å². The van der Waals surface area contributed by atoms with Gasteiger partial charge in [0.15, 0.2) is 5.82 Å². The summed E-state index contributed by atoms with van der Waals surface area (Å²) in [6, 6.07) is -0.181. The van der Waals surface area contributed by atoms with Crippen molar-refractivity contribution in [1.29, 1.82) is 0 Å². The number of methoxy groups -OCH3 is 1. The normalized spacial score (nSPS) is 12.1. The number of nitrogens with one attached hydrogen (secondary N) is 2. The van der Waals surface area contributed by atoms with Crippen LogP contribution in [-0.4, -0.2) is 35.1 Å². The summed E-state index contributed by atoms with van der Waals surface area (Å²) in [4.78, 5) is 19.6. The number of rotatable bonds is 5. The van der Waals surface area contributed by atoms with Gasteiger partial charge in [-0.25, -0.2) is 4.98 Å². The number of ether oxygens (including phenoxy) is 1. The van der Waals surface area contributed by atoms with Gasteiger partial charge in [0.2, 0.25) is 5.91 Å². The maximum absolute atomic E-state index is 11.7. The summed E-state index contributed by atoms with van der Waals surface area (Å²) in [5.74, 6) is 0.244. The molecule has 1 aromatic rings. The van der Waals surface area contributed by atoms with E-state index in [1.807, 2.05) is 13.8 Å². The van der Waals surface area contributed by atoms with E-state index in [9.17, 15) is 4.79 Å². The van der Waals surface area contributed by atoms with Crippen LogP contribution < -0.4 is 15.4 Å². The van der Waals surface area contributed by atoms with Crippen LogP contribution in [0.2, 0.25) is 5.02 Å². The molecule has 0 aromatic carbocycles. The Hall–Kier alpha value is -1.56. The zero-order chi connectivity index (χ0) is 13.7. The lowest BCUT2D eigenvalue weighted by atomic mass is 10.3. The molecular weight excluding hydrogens is 256 g/mol. The fraction of sp³-hybridized carbons (Fsp3) is 0.545. The van der Waals surface area contributed by atoms with Crippen LogP contribution in [0, 0.1) is 0 Å². The number of hydrogen-bond acceptors (Lipinski definition) is 5. The summed E-state index contributed by atoms with van der Waals surface area (Å²) < 4.78 is 4.90. The third kappa shape index (κ3) is 4.03. The summed E-state index contributed by atoms with van der Waals surface area (Å²) in [7, 11) is 1.46. The van der Waals surface area contributed by atoms with E-state index < -0.39 is 6.04 Å². The first-order valence-electron chi connectivity index (χ1n) is 5.57. The van der Waals surface area contributed by atoms with E-state index in [-0.39, 0.29) is 18.0 Å². The van der Waals surface area contributed by atoms with Gasteiger partial charge in [0.05, 0.1) is 13.3 Å². The Morgan fingerprint density at radius 2 is 2.11 bits per heavy atom. The van der Waals surface area contributed by atoms with E-state index in [0.29, 0.717) is 10.8 Å². The zero-order valence-corrected chi connectivity index (χ0v) is 11.6. The third-order valence-corrected chi connectivity index (χ3v) is 2.36. The first-order chi connectivity index (χ1) is 8.43. The molecule has 0 aliphatic heterocycles. The van der Waals surface area contributed by atoms with Crippen molar-refractivity contribution in [3.63, 3.8) is 0 Å². The summed E-state index contributed by atoms with van der Waals surface area (Å²) in [6.45, 7) is 5.51. The fourth-order valence-electron chi connectivity index (χ4n) is 1.23. The SMILES string of the molecule is COc1ncc(Cl)c(NC(C)C(=O)NC(C)C)n1. The molecular formula is C11H17ClN4O2. The van der Waals surface area contributed by atoms with Crippen molar-refractivity contribution in [3.8, 4) is 6.01 Å². The molecule has 6 nitrogen and oxygen atoms in total. The lowest BCUT2D eigenvalue weighted by Gasteiger charge is -2.17. The molecule has 0 fully saturated rings. The third-order valence-electron chi connectivity index (χ3n) is 2.08. The highest BCUT2D eigenvalue weighted by molar-refractivity contribution is 6.32. The van der Waals surface area contributed by atoms with Crippen LogP contribution in [0.4, 0.5) is 5.82 Å². The highest BCUT2D eigenvalue weighted by Crippen LogP contribution is 2.20. The summed E-state index contributed by atoms with van der Waals surface area (Å²) in [6.07, 6.45) is 1.42. The van der Waals surface area contributed by atoms with Gasteiger partial charge in [-0.2, -0.15) is 4.98 Å². The maximum atomic E-state index is 11.7. The number of halogens is 1. The van der Waals surface area contributed by atoms with Gasteiger partial charge in [-0.1, -0.05) is 11.6 Å². The molecule has 0 radical (unpaired) electrons. The average molecular weight is 273 g/mol. The molecule has 2 N–H and O–H groups in total. The van der Waals surface area contributed by atoms with E-state index in [1.54, 1.807) is 6.92 Å². The van der Waals surface area contributed by atoms with Gasteiger partial charge in [-0.15, -0.1) is 0 Å². The van der Waals surface area contributed by atoms with Crippen LogP contribution >= 0.6 is 11.6 Å². The monoisotopic (exact) mass is 272 g/mol. The van der Waals surface area contributed by atoms with Crippen molar-refractivity contribution in [2.45, 2.75) is 32.9 Å². The van der Waals surface area contributed by atoms with Gasteiger partial charge in [0.25, 0.3) is 0 Å². The quantitative estimate of drug-likeness (QED) is 0.849. The van der Waals surface area contributed by atoms with Crippen LogP contribution in [0.25, 0.3) is 0 Å². The number of aromatic nitrogens is 2. The van der Waals surface area contributed by atoms with Crippen LogP contribution in [0.15, 0.2) is 6.20 Å². The Kier molecular flexibility index (Phi) is 5.15. The van der Waals surface area contributed by atoms with Crippen molar-refractivity contribution in [1.82, 2.24) is 15.3 Å². The zero-order valence-electron chi connectivity index (χ0n) is 10.8. The minimum Gasteiger partial charge on any atom is -0.467 e. The highest BCUT2D eigenvalue weighted by Gasteiger charge is 2.16. The number of hydrogen-bond donors (Lipinski definition) is 2. The lowest BCUT2D eigenvalue weighted by Crippen LogP contribution is -2.41. The van der Waals surface area contributed by atoms with E-state index in [2.05, 4.69) is 20.6 Å². The topological polar surface area (TPSA) is 76.1 Å². The fourth-order valence-corrected chi connectivity index (χ4v) is 1.38. The van der Waals surface area contributed by atoms with E-state index >= 15 is 0 Å². The first kappa shape index (κ1) is 14.5. The molecule has 1 rings (SSSR count). The molecule has 18 heavy (non-hydrogen) atoms. The molecule has 7 heteroatoms.